The number of carbonyl (C=O) groups excluding carboxylic acids is 1. The lowest BCUT2D eigenvalue weighted by atomic mass is 9.80. The second kappa shape index (κ2) is 13.7. The standard InChI is InChI=1S/C27H40N2O2S/c1-3-5-7-8-10-12-25-28-29-26(32-25)22-17-19-24(20-18-22)31-27(30)23-15-13-21(14-16-23)11-9-6-4-2/h17-21,23H,3-16H2,1-2H3/t21-,23-. The fraction of sp³-hybridized carbons (Fsp3) is 0.667. The van der Waals surface area contributed by atoms with E-state index in [0.717, 1.165) is 40.8 Å². The van der Waals surface area contributed by atoms with Crippen molar-refractivity contribution in [1.29, 1.82) is 0 Å². The number of benzene rings is 1. The van der Waals surface area contributed by atoms with Crippen LogP contribution < -0.4 is 4.74 Å². The third kappa shape index (κ3) is 7.99. The molecule has 0 N–H and O–H groups in total. The molecule has 3 rings (SSSR count). The summed E-state index contributed by atoms with van der Waals surface area (Å²) >= 11 is 1.67. The first kappa shape index (κ1) is 24.9. The van der Waals surface area contributed by atoms with Gasteiger partial charge in [0.15, 0.2) is 0 Å². The topological polar surface area (TPSA) is 52.1 Å². The zero-order chi connectivity index (χ0) is 22.6. The van der Waals surface area contributed by atoms with Crippen LogP contribution in [0.15, 0.2) is 24.3 Å². The summed E-state index contributed by atoms with van der Waals surface area (Å²) in [7, 11) is 0. The molecule has 1 aromatic heterocycles. The van der Waals surface area contributed by atoms with Crippen LogP contribution >= 0.6 is 11.3 Å². The minimum atomic E-state index is -0.0639. The van der Waals surface area contributed by atoms with Crippen LogP contribution in [-0.2, 0) is 11.2 Å². The number of carbonyl (C=O) groups is 1. The van der Waals surface area contributed by atoms with Crippen molar-refractivity contribution < 1.29 is 9.53 Å². The molecule has 0 saturated heterocycles. The summed E-state index contributed by atoms with van der Waals surface area (Å²) in [6.45, 7) is 4.49. The zero-order valence-electron chi connectivity index (χ0n) is 20.0. The van der Waals surface area contributed by atoms with Crippen LogP contribution in [0, 0.1) is 11.8 Å². The molecule has 0 atom stereocenters. The van der Waals surface area contributed by atoms with Gasteiger partial charge in [0, 0.05) is 12.0 Å². The Kier molecular flexibility index (Phi) is 10.7. The van der Waals surface area contributed by atoms with E-state index in [1.807, 2.05) is 24.3 Å². The number of ether oxygens (including phenoxy) is 1. The van der Waals surface area contributed by atoms with Gasteiger partial charge in [-0.2, -0.15) is 0 Å². The molecule has 5 heteroatoms. The van der Waals surface area contributed by atoms with Crippen molar-refractivity contribution in [1.82, 2.24) is 10.2 Å². The molecule has 4 nitrogen and oxygen atoms in total. The predicted octanol–water partition coefficient (Wildman–Crippen LogP) is 8.01. The fourth-order valence-corrected chi connectivity index (χ4v) is 5.47. The number of unbranched alkanes of at least 4 members (excludes halogenated alkanes) is 6. The van der Waals surface area contributed by atoms with Gasteiger partial charge in [0.2, 0.25) is 0 Å². The Morgan fingerprint density at radius 1 is 0.906 bits per heavy atom. The second-order valence-electron chi connectivity index (χ2n) is 9.32. The Labute approximate surface area is 198 Å². The third-order valence-corrected chi connectivity index (χ3v) is 7.71. The first-order valence-electron chi connectivity index (χ1n) is 12.8. The third-order valence-electron chi connectivity index (χ3n) is 6.68. The van der Waals surface area contributed by atoms with Crippen LogP contribution in [0.3, 0.4) is 0 Å². The van der Waals surface area contributed by atoms with E-state index in [9.17, 15) is 4.79 Å². The minimum absolute atomic E-state index is 0.0557. The molecule has 1 aliphatic carbocycles. The molecule has 0 unspecified atom stereocenters. The van der Waals surface area contributed by atoms with Gasteiger partial charge in [-0.1, -0.05) is 76.6 Å². The Balaban J connectivity index is 1.42. The van der Waals surface area contributed by atoms with Crippen molar-refractivity contribution in [2.45, 2.75) is 104 Å². The molecule has 1 saturated carbocycles. The van der Waals surface area contributed by atoms with Crippen molar-refractivity contribution in [3.63, 3.8) is 0 Å². The summed E-state index contributed by atoms with van der Waals surface area (Å²) in [4.78, 5) is 12.6. The largest absolute Gasteiger partial charge is 0.426 e. The lowest BCUT2D eigenvalue weighted by Gasteiger charge is -2.27. The number of aromatic nitrogens is 2. The summed E-state index contributed by atoms with van der Waals surface area (Å²) < 4.78 is 5.70. The molecule has 176 valence electrons. The first-order valence-corrected chi connectivity index (χ1v) is 13.7. The molecule has 1 heterocycles. The second-order valence-corrected chi connectivity index (χ2v) is 10.4. The summed E-state index contributed by atoms with van der Waals surface area (Å²) in [5.41, 5.74) is 1.03. The van der Waals surface area contributed by atoms with Crippen molar-refractivity contribution >= 4 is 17.3 Å². The maximum absolute atomic E-state index is 12.6. The van der Waals surface area contributed by atoms with E-state index in [4.69, 9.17) is 4.74 Å². The molecule has 0 spiro atoms. The summed E-state index contributed by atoms with van der Waals surface area (Å²) in [6.07, 6.45) is 16.9. The summed E-state index contributed by atoms with van der Waals surface area (Å²) in [5.74, 6) is 1.42. The quantitative estimate of drug-likeness (QED) is 0.174. The normalized spacial score (nSPS) is 18.6. The van der Waals surface area contributed by atoms with E-state index in [1.165, 1.54) is 70.6 Å². The van der Waals surface area contributed by atoms with E-state index >= 15 is 0 Å². The van der Waals surface area contributed by atoms with Crippen LogP contribution in [0.5, 0.6) is 5.75 Å². The zero-order valence-corrected chi connectivity index (χ0v) is 20.8. The van der Waals surface area contributed by atoms with Crippen LogP contribution in [0.2, 0.25) is 0 Å². The molecule has 1 aliphatic rings. The smallest absolute Gasteiger partial charge is 0.314 e. The van der Waals surface area contributed by atoms with E-state index in [0.29, 0.717) is 5.75 Å². The Morgan fingerprint density at radius 2 is 1.59 bits per heavy atom. The minimum Gasteiger partial charge on any atom is -0.426 e. The number of esters is 1. The van der Waals surface area contributed by atoms with Gasteiger partial charge in [0.05, 0.1) is 5.92 Å². The van der Waals surface area contributed by atoms with Crippen LogP contribution in [0.25, 0.3) is 10.6 Å². The van der Waals surface area contributed by atoms with Crippen molar-refractivity contribution in [3.8, 4) is 16.3 Å². The van der Waals surface area contributed by atoms with Gasteiger partial charge in [-0.25, -0.2) is 0 Å². The fourth-order valence-electron chi connectivity index (χ4n) is 4.59. The summed E-state index contributed by atoms with van der Waals surface area (Å²) in [6, 6.07) is 7.74. The van der Waals surface area contributed by atoms with E-state index in [-0.39, 0.29) is 11.9 Å². The highest BCUT2D eigenvalue weighted by Crippen LogP contribution is 2.33. The number of hydrogen-bond donors (Lipinski definition) is 0. The first-order chi connectivity index (χ1) is 15.7. The number of nitrogens with zero attached hydrogens (tertiary/aromatic N) is 2. The lowest BCUT2D eigenvalue weighted by molar-refractivity contribution is -0.140. The van der Waals surface area contributed by atoms with Crippen LogP contribution in [0.4, 0.5) is 0 Å². The van der Waals surface area contributed by atoms with Gasteiger partial charge in [-0.15, -0.1) is 10.2 Å². The maximum Gasteiger partial charge on any atom is 0.314 e. The van der Waals surface area contributed by atoms with Gasteiger partial charge in [0.1, 0.15) is 15.8 Å². The highest BCUT2D eigenvalue weighted by molar-refractivity contribution is 7.14. The molecule has 0 amide bonds. The van der Waals surface area contributed by atoms with E-state index in [2.05, 4.69) is 24.0 Å². The van der Waals surface area contributed by atoms with Crippen LogP contribution in [0.1, 0.15) is 102 Å². The SMILES string of the molecule is CCCCCCCc1nnc(-c2ccc(OC(=O)[C@H]3CC[C@H](CCCCC)CC3)cc2)s1. The lowest BCUT2D eigenvalue weighted by Crippen LogP contribution is -2.25. The summed E-state index contributed by atoms with van der Waals surface area (Å²) in [5, 5.41) is 10.8. The van der Waals surface area contributed by atoms with Crippen molar-refractivity contribution in [3.05, 3.63) is 29.3 Å². The van der Waals surface area contributed by atoms with E-state index in [1.54, 1.807) is 11.3 Å². The Hall–Kier alpha value is -1.75. The molecule has 2 aromatic rings. The van der Waals surface area contributed by atoms with Crippen molar-refractivity contribution in [2.24, 2.45) is 11.8 Å². The molecule has 0 aliphatic heterocycles. The predicted molar refractivity (Wildman–Crippen MR) is 133 cm³/mol. The van der Waals surface area contributed by atoms with Crippen LogP contribution in [-0.4, -0.2) is 16.2 Å². The Morgan fingerprint density at radius 3 is 2.31 bits per heavy atom. The Bertz CT molecular complexity index is 794. The molecule has 0 bridgehead atoms. The molecule has 1 aromatic carbocycles. The van der Waals surface area contributed by atoms with Gasteiger partial charge < -0.3 is 4.74 Å². The number of aryl methyl sites for hydroxylation is 1. The molecule has 0 radical (unpaired) electrons. The number of rotatable bonds is 13. The van der Waals surface area contributed by atoms with Gasteiger partial charge >= 0.3 is 5.97 Å². The maximum atomic E-state index is 12.6. The molecule has 1 fully saturated rings. The molecule has 32 heavy (non-hydrogen) atoms. The van der Waals surface area contributed by atoms with Gasteiger partial charge in [0.25, 0.3) is 0 Å². The monoisotopic (exact) mass is 456 g/mol. The average molecular weight is 457 g/mol. The molecular formula is C27H40N2O2S. The highest BCUT2D eigenvalue weighted by atomic mass is 32.1. The molecular weight excluding hydrogens is 416 g/mol. The van der Waals surface area contributed by atoms with E-state index < -0.39 is 0 Å². The average Bonchev–Trinajstić information content (AvgIpc) is 3.29. The van der Waals surface area contributed by atoms with Gasteiger partial charge in [-0.05, 0) is 62.3 Å². The van der Waals surface area contributed by atoms with Gasteiger partial charge in [-0.3, -0.25) is 4.79 Å². The number of hydrogen-bond acceptors (Lipinski definition) is 5. The highest BCUT2D eigenvalue weighted by Gasteiger charge is 2.27. The van der Waals surface area contributed by atoms with Crippen molar-refractivity contribution in [2.75, 3.05) is 0 Å².